The Labute approximate surface area is 242 Å². The largest absolute Gasteiger partial charge is 0.387 e. The minimum absolute atomic E-state index is 0.117. The Morgan fingerprint density at radius 3 is 2.71 bits per heavy atom. The van der Waals surface area contributed by atoms with Crippen molar-refractivity contribution in [2.24, 2.45) is 0 Å². The van der Waals surface area contributed by atoms with Gasteiger partial charge in [-0.1, -0.05) is 18.2 Å². The van der Waals surface area contributed by atoms with Crippen LogP contribution in [0.1, 0.15) is 24.6 Å². The number of carbonyl (C=O) groups is 1. The highest BCUT2D eigenvalue weighted by Gasteiger charge is 2.48. The number of amides is 1. The smallest absolute Gasteiger partial charge is 0.252 e. The van der Waals surface area contributed by atoms with Crippen LogP contribution in [0.4, 0.5) is 5.82 Å². The number of aliphatic hydroxyl groups excluding tert-OH is 2. The molecule has 0 bridgehead atoms. The summed E-state index contributed by atoms with van der Waals surface area (Å²) in [5, 5.41) is 28.7. The van der Waals surface area contributed by atoms with Gasteiger partial charge in [-0.2, -0.15) is 0 Å². The molecule has 222 valence electrons. The van der Waals surface area contributed by atoms with Crippen LogP contribution in [-0.2, 0) is 27.2 Å². The number of ether oxygens (including phenoxy) is 2. The predicted octanol–water partition coefficient (Wildman–Crippen LogP) is 0.666. The summed E-state index contributed by atoms with van der Waals surface area (Å²) < 4.78 is 15.2. The first-order valence-corrected chi connectivity index (χ1v) is 14.7. The Hall–Kier alpha value is -3.62. The molecule has 3 fully saturated rings. The molecule has 2 saturated heterocycles. The van der Waals surface area contributed by atoms with Crippen LogP contribution in [0.5, 0.6) is 0 Å². The van der Waals surface area contributed by atoms with E-state index in [-0.39, 0.29) is 6.04 Å². The highest BCUT2D eigenvalue weighted by Crippen LogP contribution is 2.33. The second-order valence-electron chi connectivity index (χ2n) is 11.3. The Morgan fingerprint density at radius 1 is 1.05 bits per heavy atom. The number of nitrogens with one attached hydrogen (secondary N) is 2. The maximum absolute atomic E-state index is 12.5. The van der Waals surface area contributed by atoms with Gasteiger partial charge in [0.1, 0.15) is 18.5 Å². The Bertz CT molecular complexity index is 1560. The van der Waals surface area contributed by atoms with Gasteiger partial charge >= 0.3 is 0 Å². The molecule has 1 aromatic carbocycles. The Kier molecular flexibility index (Phi) is 7.50. The van der Waals surface area contributed by atoms with Crippen LogP contribution in [0.3, 0.4) is 0 Å². The summed E-state index contributed by atoms with van der Waals surface area (Å²) in [6.07, 6.45) is 2.93. The fraction of sp³-hybridized carbons (Fsp3) is 0.517. The van der Waals surface area contributed by atoms with Crippen molar-refractivity contribution in [2.75, 3.05) is 44.7 Å². The second kappa shape index (κ2) is 11.6. The lowest BCUT2D eigenvalue weighted by molar-refractivity contribution is -0.137. The first-order chi connectivity index (χ1) is 20.6. The van der Waals surface area contributed by atoms with E-state index in [4.69, 9.17) is 9.47 Å². The molecule has 0 spiro atoms. The maximum atomic E-state index is 12.5. The van der Waals surface area contributed by atoms with Gasteiger partial charge in [0, 0.05) is 55.9 Å². The number of carbonyl (C=O) groups excluding carboxylic acids is 1. The van der Waals surface area contributed by atoms with E-state index < -0.39 is 30.4 Å². The third kappa shape index (κ3) is 5.34. The van der Waals surface area contributed by atoms with Gasteiger partial charge in [0.05, 0.1) is 19.5 Å². The zero-order valence-electron chi connectivity index (χ0n) is 23.3. The highest BCUT2D eigenvalue weighted by molar-refractivity contribution is 5.85. The number of para-hydroxylation sites is 1. The fourth-order valence-corrected chi connectivity index (χ4v) is 5.88. The first kappa shape index (κ1) is 27.2. The number of aromatic nitrogens is 5. The van der Waals surface area contributed by atoms with Crippen molar-refractivity contribution in [3.8, 4) is 0 Å². The summed E-state index contributed by atoms with van der Waals surface area (Å²) in [5.74, 6) is 0.140. The van der Waals surface area contributed by atoms with E-state index in [9.17, 15) is 15.0 Å². The third-order valence-electron chi connectivity index (χ3n) is 8.37. The summed E-state index contributed by atoms with van der Waals surface area (Å²) in [7, 11) is 0. The number of hydrogen-bond acceptors (Lipinski definition) is 10. The lowest BCUT2D eigenvalue weighted by Gasteiger charge is -2.26. The van der Waals surface area contributed by atoms with Crippen LogP contribution in [-0.4, -0.2) is 109 Å². The van der Waals surface area contributed by atoms with E-state index in [0.29, 0.717) is 23.5 Å². The molecule has 0 radical (unpaired) electrons. The van der Waals surface area contributed by atoms with E-state index in [1.54, 1.807) is 4.57 Å². The Balaban J connectivity index is 1.03. The fourth-order valence-electron chi connectivity index (χ4n) is 5.88. The zero-order valence-corrected chi connectivity index (χ0v) is 23.3. The number of benzene rings is 1. The van der Waals surface area contributed by atoms with Crippen molar-refractivity contribution >= 4 is 33.8 Å². The lowest BCUT2D eigenvalue weighted by Crippen LogP contribution is -2.43. The van der Waals surface area contributed by atoms with Gasteiger partial charge in [0.2, 0.25) is 0 Å². The third-order valence-corrected chi connectivity index (χ3v) is 8.37. The molecule has 1 saturated carbocycles. The molecule has 42 heavy (non-hydrogen) atoms. The average Bonchev–Trinajstić information content (AvgIpc) is 3.49. The van der Waals surface area contributed by atoms with Crippen LogP contribution in [0, 0.1) is 0 Å². The number of morpholine rings is 1. The number of nitrogens with zero attached hydrogens (tertiary/aromatic N) is 6. The van der Waals surface area contributed by atoms with Crippen molar-refractivity contribution in [1.82, 2.24) is 34.3 Å². The molecule has 5 heterocycles. The summed E-state index contributed by atoms with van der Waals surface area (Å²) in [4.78, 5) is 28.2. The zero-order chi connectivity index (χ0) is 28.6. The molecule has 3 aliphatic rings. The van der Waals surface area contributed by atoms with Crippen LogP contribution < -0.4 is 10.6 Å². The normalized spacial score (nSPS) is 24.9. The summed E-state index contributed by atoms with van der Waals surface area (Å²) in [5.41, 5.74) is 3.43. The quantitative estimate of drug-likeness (QED) is 0.212. The van der Waals surface area contributed by atoms with Gasteiger partial charge in [-0.15, -0.1) is 0 Å². The van der Waals surface area contributed by atoms with Gasteiger partial charge in [-0.3, -0.25) is 14.3 Å². The number of anilines is 1. The number of fused-ring (bicyclic) bond motifs is 2. The standard InChI is InChI=1S/C29H36N8O5/c38-23-24(39)29(42-25(23)28(40)34-19-5-6-19)37-17-33-22-26(31-16-32-27(22)37)30-8-7-18-15-36(21-4-2-1-3-20(18)21)10-9-35-11-13-41-14-12-35/h1-4,15-17,19,23-25,29,38-39H,5-14H2,(H,34,40)(H,30,31,32)/t23-,24+,25-,29+/m0/s1. The minimum atomic E-state index is -1.36. The van der Waals surface area contributed by atoms with Crippen molar-refractivity contribution in [2.45, 2.75) is 56.4 Å². The molecular formula is C29H36N8O5. The van der Waals surface area contributed by atoms with E-state index in [0.717, 1.165) is 58.7 Å². The van der Waals surface area contributed by atoms with Gasteiger partial charge in [-0.25, -0.2) is 15.0 Å². The molecule has 7 rings (SSSR count). The summed E-state index contributed by atoms with van der Waals surface area (Å²) >= 11 is 0. The molecule has 13 heteroatoms. The number of aliphatic hydroxyl groups is 2. The van der Waals surface area contributed by atoms with E-state index >= 15 is 0 Å². The average molecular weight is 577 g/mol. The summed E-state index contributed by atoms with van der Waals surface area (Å²) in [6, 6.07) is 8.60. The molecule has 3 aromatic heterocycles. The molecule has 13 nitrogen and oxygen atoms in total. The van der Waals surface area contributed by atoms with E-state index in [1.807, 2.05) is 0 Å². The second-order valence-corrected chi connectivity index (χ2v) is 11.3. The molecule has 4 aromatic rings. The molecule has 0 unspecified atom stereocenters. The number of rotatable bonds is 10. The highest BCUT2D eigenvalue weighted by atomic mass is 16.6. The van der Waals surface area contributed by atoms with E-state index in [1.165, 1.54) is 29.1 Å². The van der Waals surface area contributed by atoms with Crippen molar-refractivity contribution < 1.29 is 24.5 Å². The molecule has 4 atom stereocenters. The van der Waals surface area contributed by atoms with Crippen LogP contribution >= 0.6 is 0 Å². The van der Waals surface area contributed by atoms with Gasteiger partial charge in [0.25, 0.3) is 5.91 Å². The Morgan fingerprint density at radius 2 is 1.88 bits per heavy atom. The number of hydrogen-bond donors (Lipinski definition) is 4. The van der Waals surface area contributed by atoms with Gasteiger partial charge < -0.3 is 34.9 Å². The SMILES string of the molecule is O=C(NC1CC1)[C@H]1O[C@@H](n2cnc3c(NCCc4cn(CCN5CCOCC5)c5ccccc45)ncnc32)[C@H](O)[C@@H]1O. The van der Waals surface area contributed by atoms with Gasteiger partial charge in [-0.05, 0) is 30.9 Å². The predicted molar refractivity (Wildman–Crippen MR) is 154 cm³/mol. The monoisotopic (exact) mass is 576 g/mol. The topological polar surface area (TPSA) is 152 Å². The van der Waals surface area contributed by atoms with Crippen LogP contribution in [0.2, 0.25) is 0 Å². The van der Waals surface area contributed by atoms with Crippen LogP contribution in [0.25, 0.3) is 22.1 Å². The first-order valence-electron chi connectivity index (χ1n) is 14.7. The summed E-state index contributed by atoms with van der Waals surface area (Å²) in [6.45, 7) is 6.08. The number of imidazole rings is 1. The van der Waals surface area contributed by atoms with E-state index in [2.05, 4.69) is 65.5 Å². The minimum Gasteiger partial charge on any atom is -0.387 e. The van der Waals surface area contributed by atoms with Crippen molar-refractivity contribution in [1.29, 1.82) is 0 Å². The molecule has 2 aliphatic heterocycles. The molecule has 4 N–H and O–H groups in total. The van der Waals surface area contributed by atoms with Crippen molar-refractivity contribution in [3.05, 3.63) is 48.7 Å². The molecular weight excluding hydrogens is 540 g/mol. The maximum Gasteiger partial charge on any atom is 0.252 e. The van der Waals surface area contributed by atoms with Crippen molar-refractivity contribution in [3.63, 3.8) is 0 Å². The molecule has 1 amide bonds. The molecule has 1 aliphatic carbocycles. The van der Waals surface area contributed by atoms with Crippen LogP contribution in [0.15, 0.2) is 43.1 Å². The van der Waals surface area contributed by atoms with Gasteiger partial charge in [0.15, 0.2) is 29.3 Å². The lowest BCUT2D eigenvalue weighted by atomic mass is 10.1.